The summed E-state index contributed by atoms with van der Waals surface area (Å²) in [4.78, 5) is 22.3. The van der Waals surface area contributed by atoms with Crippen molar-refractivity contribution in [2.75, 3.05) is 11.9 Å². The van der Waals surface area contributed by atoms with Gasteiger partial charge in [-0.1, -0.05) is 19.8 Å². The summed E-state index contributed by atoms with van der Waals surface area (Å²) >= 11 is 0. The predicted octanol–water partition coefficient (Wildman–Crippen LogP) is 1.67. The molecule has 0 radical (unpaired) electrons. The van der Waals surface area contributed by atoms with Gasteiger partial charge in [-0.15, -0.1) is 0 Å². The van der Waals surface area contributed by atoms with Crippen molar-refractivity contribution in [2.45, 2.75) is 39.2 Å². The maximum Gasteiger partial charge on any atom is 0.325 e. The van der Waals surface area contributed by atoms with Crippen LogP contribution in [0.3, 0.4) is 0 Å². The highest BCUT2D eigenvalue weighted by Gasteiger charge is 2.28. The lowest BCUT2D eigenvalue weighted by Gasteiger charge is -2.23. The molecule has 1 saturated carbocycles. The van der Waals surface area contributed by atoms with E-state index >= 15 is 0 Å². The molecular weight excluding hydrogens is 260 g/mol. The van der Waals surface area contributed by atoms with Crippen LogP contribution in [-0.2, 0) is 11.3 Å². The van der Waals surface area contributed by atoms with E-state index in [2.05, 4.69) is 22.7 Å². The zero-order valence-corrected chi connectivity index (χ0v) is 11.6. The number of aromatic nitrogens is 2. The lowest BCUT2D eigenvalue weighted by molar-refractivity contribution is -0.137. The van der Waals surface area contributed by atoms with Gasteiger partial charge in [-0.2, -0.15) is 5.10 Å². The molecule has 2 amide bonds. The highest BCUT2D eigenvalue weighted by Crippen LogP contribution is 2.36. The number of carbonyl (C=O) groups is 2. The molecule has 0 unspecified atom stereocenters. The van der Waals surface area contributed by atoms with E-state index in [0.29, 0.717) is 12.2 Å². The minimum Gasteiger partial charge on any atom is -0.480 e. The SMILES string of the molecule is CC1(CNC(=O)Nc2cnn(CC(=O)O)c2)CCCC1. The van der Waals surface area contributed by atoms with Crippen LogP contribution in [0.2, 0.25) is 0 Å². The van der Waals surface area contributed by atoms with Crippen molar-refractivity contribution < 1.29 is 14.7 Å². The van der Waals surface area contributed by atoms with Crippen LogP contribution >= 0.6 is 0 Å². The molecule has 7 heteroatoms. The molecular formula is C13H20N4O3. The van der Waals surface area contributed by atoms with Gasteiger partial charge in [-0.25, -0.2) is 4.79 Å². The number of anilines is 1. The van der Waals surface area contributed by atoms with Crippen LogP contribution in [0.25, 0.3) is 0 Å². The number of nitrogens with zero attached hydrogens (tertiary/aromatic N) is 2. The highest BCUT2D eigenvalue weighted by atomic mass is 16.4. The third-order valence-corrected chi connectivity index (χ3v) is 3.67. The van der Waals surface area contributed by atoms with Gasteiger partial charge < -0.3 is 15.7 Å². The number of hydrogen-bond donors (Lipinski definition) is 3. The molecule has 20 heavy (non-hydrogen) atoms. The van der Waals surface area contributed by atoms with E-state index in [-0.39, 0.29) is 18.0 Å². The molecule has 0 aromatic carbocycles. The van der Waals surface area contributed by atoms with Crippen LogP contribution in [0.15, 0.2) is 12.4 Å². The smallest absolute Gasteiger partial charge is 0.325 e. The molecule has 1 aromatic heterocycles. The fourth-order valence-electron chi connectivity index (χ4n) is 2.53. The monoisotopic (exact) mass is 280 g/mol. The first-order chi connectivity index (χ1) is 9.47. The Balaban J connectivity index is 1.79. The molecule has 110 valence electrons. The minimum absolute atomic E-state index is 0.199. The van der Waals surface area contributed by atoms with Gasteiger partial charge in [0.05, 0.1) is 11.9 Å². The molecule has 2 rings (SSSR count). The fraction of sp³-hybridized carbons (Fsp3) is 0.615. The summed E-state index contributed by atoms with van der Waals surface area (Å²) in [5, 5.41) is 18.0. The largest absolute Gasteiger partial charge is 0.480 e. The van der Waals surface area contributed by atoms with Crippen LogP contribution in [0, 0.1) is 5.41 Å². The third kappa shape index (κ3) is 3.97. The van der Waals surface area contributed by atoms with E-state index in [1.54, 1.807) is 0 Å². The Morgan fingerprint density at radius 1 is 1.45 bits per heavy atom. The van der Waals surface area contributed by atoms with Gasteiger partial charge in [0.2, 0.25) is 0 Å². The van der Waals surface area contributed by atoms with Gasteiger partial charge in [0.25, 0.3) is 0 Å². The van der Waals surface area contributed by atoms with E-state index < -0.39 is 5.97 Å². The molecule has 7 nitrogen and oxygen atoms in total. The van der Waals surface area contributed by atoms with Crippen LogP contribution in [0.1, 0.15) is 32.6 Å². The van der Waals surface area contributed by atoms with Gasteiger partial charge in [-0.3, -0.25) is 9.48 Å². The van der Waals surface area contributed by atoms with E-state index in [4.69, 9.17) is 5.11 Å². The van der Waals surface area contributed by atoms with Crippen LogP contribution in [0.4, 0.5) is 10.5 Å². The fourth-order valence-corrected chi connectivity index (χ4v) is 2.53. The average molecular weight is 280 g/mol. The molecule has 1 aliphatic rings. The second-order valence-electron chi connectivity index (χ2n) is 5.65. The first kappa shape index (κ1) is 14.4. The van der Waals surface area contributed by atoms with Gasteiger partial charge in [-0.05, 0) is 18.3 Å². The zero-order chi connectivity index (χ0) is 14.6. The predicted molar refractivity (Wildman–Crippen MR) is 73.5 cm³/mol. The summed E-state index contributed by atoms with van der Waals surface area (Å²) in [6.45, 7) is 2.62. The van der Waals surface area contributed by atoms with E-state index in [1.165, 1.54) is 29.9 Å². The summed E-state index contributed by atoms with van der Waals surface area (Å²) in [7, 11) is 0. The minimum atomic E-state index is -0.974. The summed E-state index contributed by atoms with van der Waals surface area (Å²) in [5.41, 5.74) is 0.686. The van der Waals surface area contributed by atoms with Crippen molar-refractivity contribution in [1.82, 2.24) is 15.1 Å². The molecule has 1 aliphatic carbocycles. The van der Waals surface area contributed by atoms with Crippen LogP contribution < -0.4 is 10.6 Å². The Morgan fingerprint density at radius 2 is 2.15 bits per heavy atom. The normalized spacial score (nSPS) is 16.9. The van der Waals surface area contributed by atoms with Gasteiger partial charge in [0.15, 0.2) is 0 Å². The molecule has 3 N–H and O–H groups in total. The molecule has 0 spiro atoms. The van der Waals surface area contributed by atoms with E-state index in [1.807, 2.05) is 0 Å². The van der Waals surface area contributed by atoms with Crippen molar-refractivity contribution in [3.8, 4) is 0 Å². The maximum absolute atomic E-state index is 11.8. The summed E-state index contributed by atoms with van der Waals surface area (Å²) in [6.07, 6.45) is 7.65. The number of rotatable bonds is 5. The topological polar surface area (TPSA) is 96.3 Å². The van der Waals surface area contributed by atoms with Crippen molar-refractivity contribution in [3.63, 3.8) is 0 Å². The number of carboxylic acid groups (broad SMARTS) is 1. The third-order valence-electron chi connectivity index (χ3n) is 3.67. The number of urea groups is 1. The van der Waals surface area contributed by atoms with Crippen LogP contribution in [-0.4, -0.2) is 33.4 Å². The Hall–Kier alpha value is -2.05. The molecule has 0 bridgehead atoms. The van der Waals surface area contributed by atoms with Crippen LogP contribution in [0.5, 0.6) is 0 Å². The summed E-state index contributed by atoms with van der Waals surface area (Å²) in [5.74, 6) is -0.974. The molecule has 0 atom stereocenters. The molecule has 1 aromatic rings. The number of carboxylic acids is 1. The average Bonchev–Trinajstić information content (AvgIpc) is 2.97. The highest BCUT2D eigenvalue weighted by molar-refractivity contribution is 5.88. The Morgan fingerprint density at radius 3 is 2.80 bits per heavy atom. The van der Waals surface area contributed by atoms with Crippen molar-refractivity contribution >= 4 is 17.7 Å². The quantitative estimate of drug-likeness (QED) is 0.764. The summed E-state index contributed by atoms with van der Waals surface area (Å²) in [6, 6.07) is -0.284. The second kappa shape index (κ2) is 5.94. The van der Waals surface area contributed by atoms with E-state index in [0.717, 1.165) is 12.8 Å². The van der Waals surface area contributed by atoms with Crippen molar-refractivity contribution in [3.05, 3.63) is 12.4 Å². The van der Waals surface area contributed by atoms with Gasteiger partial charge in [0, 0.05) is 12.7 Å². The van der Waals surface area contributed by atoms with Crippen molar-refractivity contribution in [2.24, 2.45) is 5.41 Å². The maximum atomic E-state index is 11.8. The molecule has 1 heterocycles. The Kier molecular flexibility index (Phi) is 4.26. The second-order valence-corrected chi connectivity index (χ2v) is 5.65. The molecule has 0 aliphatic heterocycles. The molecule has 1 fully saturated rings. The standard InChI is InChI=1S/C13H20N4O3/c1-13(4-2-3-5-13)9-14-12(20)16-10-6-15-17(7-10)8-11(18)19/h6-7H,2-5,8-9H2,1H3,(H,18,19)(H2,14,16,20). The van der Waals surface area contributed by atoms with Gasteiger partial charge in [0.1, 0.15) is 6.54 Å². The van der Waals surface area contributed by atoms with Gasteiger partial charge >= 0.3 is 12.0 Å². The summed E-state index contributed by atoms with van der Waals surface area (Å²) < 4.78 is 1.26. The number of hydrogen-bond acceptors (Lipinski definition) is 3. The number of carbonyl (C=O) groups excluding carboxylic acids is 1. The zero-order valence-electron chi connectivity index (χ0n) is 11.6. The lowest BCUT2D eigenvalue weighted by atomic mass is 9.89. The molecule has 0 saturated heterocycles. The van der Waals surface area contributed by atoms with E-state index in [9.17, 15) is 9.59 Å². The Labute approximate surface area is 117 Å². The Bertz CT molecular complexity index is 492. The number of amides is 2. The number of aliphatic carboxylic acids is 1. The first-order valence-corrected chi connectivity index (χ1v) is 6.76. The number of nitrogens with one attached hydrogen (secondary N) is 2. The van der Waals surface area contributed by atoms with Crippen molar-refractivity contribution in [1.29, 1.82) is 0 Å². The first-order valence-electron chi connectivity index (χ1n) is 6.76. The lowest BCUT2D eigenvalue weighted by Crippen LogP contribution is -2.36.